The molecule has 1 N–H and O–H groups in total. The molecule has 0 radical (unpaired) electrons. The van der Waals surface area contributed by atoms with Crippen LogP contribution in [0.15, 0.2) is 16.6 Å². The topological polar surface area (TPSA) is 46.5 Å². The molecule has 5 heteroatoms. The third-order valence-electron chi connectivity index (χ3n) is 1.73. The van der Waals surface area contributed by atoms with Gasteiger partial charge in [-0.2, -0.15) is 0 Å². The number of hydrogen-bond donors (Lipinski definition) is 1. The molecule has 0 saturated carbocycles. The summed E-state index contributed by atoms with van der Waals surface area (Å²) < 4.78 is 17.8. The van der Waals surface area contributed by atoms with Gasteiger partial charge in [0.2, 0.25) is 0 Å². The SMILES string of the molecule is COC(=O)Cc1c(Br)ccc(F)c1O. The second-order valence-corrected chi connectivity index (χ2v) is 3.46. The summed E-state index contributed by atoms with van der Waals surface area (Å²) in [6, 6.07) is 2.54. The Hall–Kier alpha value is -1.10. The molecule has 0 amide bonds. The van der Waals surface area contributed by atoms with Crippen molar-refractivity contribution in [2.24, 2.45) is 0 Å². The van der Waals surface area contributed by atoms with Crippen LogP contribution in [0.4, 0.5) is 4.39 Å². The number of esters is 1. The van der Waals surface area contributed by atoms with Crippen LogP contribution in [-0.4, -0.2) is 18.2 Å². The molecule has 0 aromatic heterocycles. The van der Waals surface area contributed by atoms with Gasteiger partial charge in [0.15, 0.2) is 11.6 Å². The smallest absolute Gasteiger partial charge is 0.310 e. The minimum Gasteiger partial charge on any atom is -0.505 e. The van der Waals surface area contributed by atoms with Gasteiger partial charge in [-0.25, -0.2) is 4.39 Å². The maximum Gasteiger partial charge on any atom is 0.310 e. The van der Waals surface area contributed by atoms with Crippen molar-refractivity contribution < 1.29 is 19.0 Å². The summed E-state index contributed by atoms with van der Waals surface area (Å²) in [5.74, 6) is -1.82. The zero-order valence-electron chi connectivity index (χ0n) is 7.38. The molecule has 0 fully saturated rings. The molecule has 0 bridgehead atoms. The number of carbonyl (C=O) groups excluding carboxylic acids is 1. The van der Waals surface area contributed by atoms with Crippen molar-refractivity contribution in [1.82, 2.24) is 0 Å². The van der Waals surface area contributed by atoms with Gasteiger partial charge in [0.25, 0.3) is 0 Å². The maximum atomic E-state index is 12.9. The standard InChI is InChI=1S/C9H8BrFO3/c1-14-8(12)4-5-6(10)2-3-7(11)9(5)13/h2-3,13H,4H2,1H3. The molecule has 14 heavy (non-hydrogen) atoms. The van der Waals surface area contributed by atoms with Gasteiger partial charge in [-0.15, -0.1) is 0 Å². The van der Waals surface area contributed by atoms with E-state index < -0.39 is 17.5 Å². The Morgan fingerprint density at radius 1 is 1.64 bits per heavy atom. The molecular weight excluding hydrogens is 255 g/mol. The van der Waals surface area contributed by atoms with Crippen LogP contribution in [0, 0.1) is 5.82 Å². The summed E-state index contributed by atoms with van der Waals surface area (Å²) in [4.78, 5) is 10.9. The Morgan fingerprint density at radius 3 is 2.86 bits per heavy atom. The Labute approximate surface area is 88.6 Å². The van der Waals surface area contributed by atoms with E-state index in [1.165, 1.54) is 13.2 Å². The van der Waals surface area contributed by atoms with Crippen molar-refractivity contribution in [2.45, 2.75) is 6.42 Å². The van der Waals surface area contributed by atoms with E-state index in [0.717, 1.165) is 6.07 Å². The first-order valence-corrected chi connectivity index (χ1v) is 4.58. The lowest BCUT2D eigenvalue weighted by atomic mass is 10.1. The molecule has 76 valence electrons. The predicted octanol–water partition coefficient (Wildman–Crippen LogP) is 2.01. The quantitative estimate of drug-likeness (QED) is 0.830. The van der Waals surface area contributed by atoms with Gasteiger partial charge in [0.05, 0.1) is 13.5 Å². The first kappa shape index (κ1) is 11.0. The van der Waals surface area contributed by atoms with Crippen molar-refractivity contribution in [3.63, 3.8) is 0 Å². The molecule has 0 heterocycles. The zero-order chi connectivity index (χ0) is 10.7. The van der Waals surface area contributed by atoms with E-state index in [-0.39, 0.29) is 12.0 Å². The number of phenolic OH excluding ortho intramolecular Hbond substituents is 1. The lowest BCUT2D eigenvalue weighted by molar-refractivity contribution is -0.139. The fraction of sp³-hybridized carbons (Fsp3) is 0.222. The summed E-state index contributed by atoms with van der Waals surface area (Å²) in [6.45, 7) is 0. The van der Waals surface area contributed by atoms with Crippen LogP contribution in [0.2, 0.25) is 0 Å². The monoisotopic (exact) mass is 262 g/mol. The Kier molecular flexibility index (Phi) is 3.46. The first-order chi connectivity index (χ1) is 6.56. The van der Waals surface area contributed by atoms with Crippen molar-refractivity contribution in [3.8, 4) is 5.75 Å². The lowest BCUT2D eigenvalue weighted by Crippen LogP contribution is -2.05. The largest absolute Gasteiger partial charge is 0.505 e. The lowest BCUT2D eigenvalue weighted by Gasteiger charge is -2.06. The number of hydrogen-bond acceptors (Lipinski definition) is 3. The van der Waals surface area contributed by atoms with Crippen molar-refractivity contribution in [1.29, 1.82) is 0 Å². The fourth-order valence-corrected chi connectivity index (χ4v) is 1.43. The molecule has 1 rings (SSSR count). The Bertz CT molecular complexity index is 365. The van der Waals surface area contributed by atoms with Crippen molar-refractivity contribution in [3.05, 3.63) is 28.0 Å². The number of ether oxygens (including phenoxy) is 1. The molecule has 0 unspecified atom stereocenters. The molecule has 0 aliphatic carbocycles. The molecule has 1 aromatic carbocycles. The van der Waals surface area contributed by atoms with Crippen LogP contribution >= 0.6 is 15.9 Å². The molecule has 0 saturated heterocycles. The van der Waals surface area contributed by atoms with E-state index in [4.69, 9.17) is 0 Å². The van der Waals surface area contributed by atoms with Crippen LogP contribution in [-0.2, 0) is 16.0 Å². The molecule has 0 aliphatic heterocycles. The summed E-state index contributed by atoms with van der Waals surface area (Å²) in [5, 5.41) is 9.31. The summed E-state index contributed by atoms with van der Waals surface area (Å²) in [6.07, 6.45) is -0.166. The van der Waals surface area contributed by atoms with Crippen LogP contribution in [0.1, 0.15) is 5.56 Å². The van der Waals surface area contributed by atoms with Gasteiger partial charge in [0.1, 0.15) is 0 Å². The normalized spacial score (nSPS) is 9.93. The third-order valence-corrected chi connectivity index (χ3v) is 2.47. The van der Waals surface area contributed by atoms with Crippen molar-refractivity contribution >= 4 is 21.9 Å². The summed E-state index contributed by atoms with van der Waals surface area (Å²) in [5.41, 5.74) is 0.192. The van der Waals surface area contributed by atoms with Crippen molar-refractivity contribution in [2.75, 3.05) is 7.11 Å². The summed E-state index contributed by atoms with van der Waals surface area (Å²) >= 11 is 3.10. The number of methoxy groups -OCH3 is 1. The number of phenols is 1. The highest BCUT2D eigenvalue weighted by molar-refractivity contribution is 9.10. The second kappa shape index (κ2) is 4.41. The van der Waals surface area contributed by atoms with Gasteiger partial charge in [-0.05, 0) is 12.1 Å². The highest BCUT2D eigenvalue weighted by Crippen LogP contribution is 2.29. The first-order valence-electron chi connectivity index (χ1n) is 3.79. The molecule has 0 atom stereocenters. The highest BCUT2D eigenvalue weighted by Gasteiger charge is 2.14. The third kappa shape index (κ3) is 2.23. The average Bonchev–Trinajstić information content (AvgIpc) is 2.18. The predicted molar refractivity (Wildman–Crippen MR) is 51.5 cm³/mol. The molecule has 0 spiro atoms. The van der Waals surface area contributed by atoms with Crippen LogP contribution in [0.5, 0.6) is 5.75 Å². The minimum atomic E-state index is -0.757. The van der Waals surface area contributed by atoms with Crippen LogP contribution in [0.3, 0.4) is 0 Å². The van der Waals surface area contributed by atoms with Gasteiger partial charge >= 0.3 is 5.97 Å². The molecule has 3 nitrogen and oxygen atoms in total. The number of rotatable bonds is 2. The number of benzene rings is 1. The van der Waals surface area contributed by atoms with E-state index in [1.54, 1.807) is 0 Å². The Balaban J connectivity index is 3.06. The van der Waals surface area contributed by atoms with E-state index >= 15 is 0 Å². The van der Waals surface area contributed by atoms with Gasteiger partial charge in [-0.3, -0.25) is 4.79 Å². The van der Waals surface area contributed by atoms with Crippen LogP contribution in [0.25, 0.3) is 0 Å². The van der Waals surface area contributed by atoms with E-state index in [9.17, 15) is 14.3 Å². The van der Waals surface area contributed by atoms with E-state index in [0.29, 0.717) is 4.47 Å². The summed E-state index contributed by atoms with van der Waals surface area (Å²) in [7, 11) is 1.23. The van der Waals surface area contributed by atoms with Crippen LogP contribution < -0.4 is 0 Å². The zero-order valence-corrected chi connectivity index (χ0v) is 8.97. The van der Waals surface area contributed by atoms with E-state index in [1.807, 2.05) is 0 Å². The highest BCUT2D eigenvalue weighted by atomic mass is 79.9. The number of carbonyl (C=O) groups is 1. The minimum absolute atomic E-state index is 0.166. The second-order valence-electron chi connectivity index (χ2n) is 2.61. The van der Waals surface area contributed by atoms with Gasteiger partial charge in [0, 0.05) is 10.0 Å². The maximum absolute atomic E-state index is 12.9. The fourth-order valence-electron chi connectivity index (χ4n) is 0.968. The molecule has 0 aliphatic rings. The Morgan fingerprint density at radius 2 is 2.29 bits per heavy atom. The van der Waals surface area contributed by atoms with Gasteiger partial charge < -0.3 is 9.84 Å². The molecular formula is C9H8BrFO3. The average molecular weight is 263 g/mol. The number of aromatic hydroxyl groups is 1. The van der Waals surface area contributed by atoms with Gasteiger partial charge in [-0.1, -0.05) is 15.9 Å². The van der Waals surface area contributed by atoms with E-state index in [2.05, 4.69) is 20.7 Å². The molecule has 1 aromatic rings. The number of halogens is 2.